The maximum Gasteiger partial charge on any atom is 0.271 e. The van der Waals surface area contributed by atoms with Crippen LogP contribution in [0.5, 0.6) is 5.75 Å². The van der Waals surface area contributed by atoms with Crippen LogP contribution in [0.3, 0.4) is 0 Å². The first-order valence-electron chi connectivity index (χ1n) is 11.3. The molecule has 32 heavy (non-hydrogen) atoms. The fourth-order valence-electron chi connectivity index (χ4n) is 5.11. The van der Waals surface area contributed by atoms with E-state index >= 15 is 0 Å². The maximum absolute atomic E-state index is 13.8. The number of thiophene rings is 1. The third kappa shape index (κ3) is 3.48. The minimum atomic E-state index is -1.00. The molecule has 2 aliphatic rings. The Bertz CT molecular complexity index is 1160. The van der Waals surface area contributed by atoms with Gasteiger partial charge in [-0.05, 0) is 43.3 Å². The standard InChI is InChI=1S/C25H29N3O3S/c1-25(24(30)26-18-9-4-3-5-10-18)16-27-19-12-13-32-22(19)14-20(27)23(29)28(25)15-17-8-6-7-11-21(17)31-2/h6-8,11-14,18H,3-5,9-10,15-16H2,1-2H3,(H,26,30)/t25-/m1/s1. The minimum absolute atomic E-state index is 0.0737. The summed E-state index contributed by atoms with van der Waals surface area (Å²) in [5.74, 6) is 0.527. The van der Waals surface area contributed by atoms with Crippen molar-refractivity contribution in [3.8, 4) is 5.75 Å². The quantitative estimate of drug-likeness (QED) is 0.618. The smallest absolute Gasteiger partial charge is 0.271 e. The summed E-state index contributed by atoms with van der Waals surface area (Å²) >= 11 is 1.62. The number of amides is 2. The molecule has 6 nitrogen and oxygen atoms in total. The lowest BCUT2D eigenvalue weighted by Crippen LogP contribution is -2.64. The van der Waals surface area contributed by atoms with Crippen molar-refractivity contribution in [3.05, 3.63) is 53.0 Å². The van der Waals surface area contributed by atoms with Crippen molar-refractivity contribution >= 4 is 33.4 Å². The molecule has 1 aromatic carbocycles. The molecule has 0 radical (unpaired) electrons. The topological polar surface area (TPSA) is 63.6 Å². The van der Waals surface area contributed by atoms with Gasteiger partial charge in [0.05, 0.1) is 30.4 Å². The van der Waals surface area contributed by atoms with Gasteiger partial charge in [0.25, 0.3) is 5.91 Å². The van der Waals surface area contributed by atoms with Crippen molar-refractivity contribution in [2.24, 2.45) is 0 Å². The van der Waals surface area contributed by atoms with E-state index in [0.717, 1.165) is 47.2 Å². The zero-order chi connectivity index (χ0) is 22.3. The van der Waals surface area contributed by atoms with E-state index in [9.17, 15) is 9.59 Å². The van der Waals surface area contributed by atoms with Gasteiger partial charge in [-0.1, -0.05) is 37.5 Å². The maximum atomic E-state index is 13.8. The number of fused-ring (bicyclic) bond motifs is 3. The molecule has 5 rings (SSSR count). The van der Waals surface area contributed by atoms with Gasteiger partial charge in [-0.15, -0.1) is 11.3 Å². The van der Waals surface area contributed by atoms with Gasteiger partial charge >= 0.3 is 0 Å². The van der Waals surface area contributed by atoms with Crippen LogP contribution in [0.15, 0.2) is 41.8 Å². The molecule has 2 aromatic heterocycles. The van der Waals surface area contributed by atoms with E-state index in [1.165, 1.54) is 6.42 Å². The molecule has 168 valence electrons. The Morgan fingerprint density at radius 1 is 1.22 bits per heavy atom. The fourth-order valence-corrected chi connectivity index (χ4v) is 5.93. The number of aromatic nitrogens is 1. The Kier molecular flexibility index (Phi) is 5.45. The summed E-state index contributed by atoms with van der Waals surface area (Å²) in [6.45, 7) is 2.65. The molecule has 7 heteroatoms. The van der Waals surface area contributed by atoms with Crippen LogP contribution >= 0.6 is 11.3 Å². The molecule has 1 saturated carbocycles. The first-order valence-corrected chi connectivity index (χ1v) is 12.2. The number of hydrogen-bond acceptors (Lipinski definition) is 4. The molecule has 1 fully saturated rings. The molecule has 3 heterocycles. The number of rotatable bonds is 5. The summed E-state index contributed by atoms with van der Waals surface area (Å²) in [5.41, 5.74) is 1.55. The van der Waals surface area contributed by atoms with Crippen molar-refractivity contribution in [2.45, 2.75) is 63.7 Å². The van der Waals surface area contributed by atoms with E-state index < -0.39 is 5.54 Å². The number of para-hydroxylation sites is 1. The van der Waals surface area contributed by atoms with Gasteiger partial charge in [0, 0.05) is 11.6 Å². The normalized spacial score (nSPS) is 21.6. The van der Waals surface area contributed by atoms with E-state index in [-0.39, 0.29) is 17.9 Å². The van der Waals surface area contributed by atoms with Crippen LogP contribution in [0.4, 0.5) is 0 Å². The highest BCUT2D eigenvalue weighted by molar-refractivity contribution is 7.17. The van der Waals surface area contributed by atoms with Gasteiger partial charge in [-0.2, -0.15) is 0 Å². The first kappa shape index (κ1) is 21.1. The molecule has 1 atom stereocenters. The Morgan fingerprint density at radius 2 is 2.00 bits per heavy atom. The summed E-state index contributed by atoms with van der Waals surface area (Å²) in [4.78, 5) is 29.3. The largest absolute Gasteiger partial charge is 0.496 e. The van der Waals surface area contributed by atoms with Crippen LogP contribution in [0, 0.1) is 0 Å². The summed E-state index contributed by atoms with van der Waals surface area (Å²) in [6.07, 6.45) is 5.52. The van der Waals surface area contributed by atoms with Gasteiger partial charge in [0.15, 0.2) is 0 Å². The number of carbonyl (C=O) groups excluding carboxylic acids is 2. The van der Waals surface area contributed by atoms with E-state index in [4.69, 9.17) is 4.74 Å². The van der Waals surface area contributed by atoms with Gasteiger partial charge in [0.1, 0.15) is 17.0 Å². The zero-order valence-electron chi connectivity index (χ0n) is 18.6. The van der Waals surface area contributed by atoms with Crippen molar-refractivity contribution < 1.29 is 14.3 Å². The monoisotopic (exact) mass is 451 g/mol. The van der Waals surface area contributed by atoms with Crippen LogP contribution in [0.25, 0.3) is 10.2 Å². The molecule has 0 saturated heterocycles. The molecule has 1 N–H and O–H groups in total. The lowest BCUT2D eigenvalue weighted by molar-refractivity contribution is -0.134. The zero-order valence-corrected chi connectivity index (χ0v) is 19.4. The third-order valence-electron chi connectivity index (χ3n) is 7.00. The number of hydrogen-bond donors (Lipinski definition) is 1. The van der Waals surface area contributed by atoms with Gasteiger partial charge in [-0.25, -0.2) is 0 Å². The molecule has 1 aliphatic carbocycles. The predicted octanol–water partition coefficient (Wildman–Crippen LogP) is 4.58. The average molecular weight is 452 g/mol. The van der Waals surface area contributed by atoms with Crippen LogP contribution in [-0.2, 0) is 17.9 Å². The van der Waals surface area contributed by atoms with Gasteiger partial charge < -0.3 is 19.5 Å². The third-order valence-corrected chi connectivity index (χ3v) is 7.85. The van der Waals surface area contributed by atoms with Crippen molar-refractivity contribution in [1.82, 2.24) is 14.8 Å². The van der Waals surface area contributed by atoms with Crippen molar-refractivity contribution in [3.63, 3.8) is 0 Å². The van der Waals surface area contributed by atoms with E-state index in [1.807, 2.05) is 53.3 Å². The second kappa shape index (κ2) is 8.28. The highest BCUT2D eigenvalue weighted by Gasteiger charge is 2.48. The highest BCUT2D eigenvalue weighted by Crippen LogP contribution is 2.36. The number of ether oxygens (including phenoxy) is 1. The van der Waals surface area contributed by atoms with Crippen LogP contribution in [-0.4, -0.2) is 40.0 Å². The Morgan fingerprint density at radius 3 is 2.78 bits per heavy atom. The average Bonchev–Trinajstić information content (AvgIpc) is 3.40. The van der Waals surface area contributed by atoms with Crippen molar-refractivity contribution in [1.29, 1.82) is 0 Å². The lowest BCUT2D eigenvalue weighted by atomic mass is 9.91. The van der Waals surface area contributed by atoms with Gasteiger partial charge in [-0.3, -0.25) is 9.59 Å². The molecule has 0 spiro atoms. The number of carbonyl (C=O) groups is 2. The van der Waals surface area contributed by atoms with Crippen LogP contribution in [0.2, 0.25) is 0 Å². The molecule has 1 aliphatic heterocycles. The van der Waals surface area contributed by atoms with Crippen molar-refractivity contribution in [2.75, 3.05) is 7.11 Å². The second-order valence-corrected chi connectivity index (χ2v) is 10.0. The van der Waals surface area contributed by atoms with E-state index in [2.05, 4.69) is 5.32 Å². The SMILES string of the molecule is COc1ccccc1CN1C(=O)c2cc3sccc3n2C[C@]1(C)C(=O)NC1CCCCC1. The number of nitrogens with one attached hydrogen (secondary N) is 1. The lowest BCUT2D eigenvalue weighted by Gasteiger charge is -2.45. The van der Waals surface area contributed by atoms with E-state index in [0.29, 0.717) is 18.8 Å². The number of benzene rings is 1. The summed E-state index contributed by atoms with van der Waals surface area (Å²) in [5, 5.41) is 5.31. The number of methoxy groups -OCH3 is 1. The highest BCUT2D eigenvalue weighted by atomic mass is 32.1. The Labute approximate surface area is 192 Å². The second-order valence-electron chi connectivity index (χ2n) is 9.07. The first-order chi connectivity index (χ1) is 15.5. The summed E-state index contributed by atoms with van der Waals surface area (Å²) in [7, 11) is 1.63. The predicted molar refractivity (Wildman–Crippen MR) is 126 cm³/mol. The molecule has 2 amide bonds. The fraction of sp³-hybridized carbons (Fsp3) is 0.440. The van der Waals surface area contributed by atoms with E-state index in [1.54, 1.807) is 23.3 Å². The number of nitrogens with zero attached hydrogens (tertiary/aromatic N) is 2. The van der Waals surface area contributed by atoms with Crippen LogP contribution in [0.1, 0.15) is 55.1 Å². The van der Waals surface area contributed by atoms with Crippen LogP contribution < -0.4 is 10.1 Å². The molecular weight excluding hydrogens is 422 g/mol. The Hall–Kier alpha value is -2.80. The Balaban J connectivity index is 1.54. The summed E-state index contributed by atoms with van der Waals surface area (Å²) < 4.78 is 8.63. The molecular formula is C25H29N3O3S. The molecule has 0 bridgehead atoms. The minimum Gasteiger partial charge on any atom is -0.496 e. The van der Waals surface area contributed by atoms with Gasteiger partial charge in [0.2, 0.25) is 5.91 Å². The molecule has 0 unspecified atom stereocenters. The molecule has 3 aromatic rings. The summed E-state index contributed by atoms with van der Waals surface area (Å²) in [6, 6.07) is 11.9.